The number of ether oxygens (including phenoxy) is 1. The Morgan fingerprint density at radius 3 is 2.76 bits per heavy atom. The summed E-state index contributed by atoms with van der Waals surface area (Å²) in [5, 5.41) is 0.682. The van der Waals surface area contributed by atoms with Crippen LogP contribution in [0.3, 0.4) is 0 Å². The predicted octanol–water partition coefficient (Wildman–Crippen LogP) is 4.44. The molecule has 0 aliphatic carbocycles. The van der Waals surface area contributed by atoms with Gasteiger partial charge in [0.15, 0.2) is 0 Å². The molecule has 0 radical (unpaired) electrons. The zero-order valence-electron chi connectivity index (χ0n) is 16.9. The molecule has 0 amide bonds. The van der Waals surface area contributed by atoms with Gasteiger partial charge in [-0.3, -0.25) is 4.79 Å². The van der Waals surface area contributed by atoms with Crippen LogP contribution in [0.25, 0.3) is 22.0 Å². The summed E-state index contributed by atoms with van der Waals surface area (Å²) in [7, 11) is 1.41. The molecule has 3 aromatic rings. The average Bonchev–Trinajstić information content (AvgIpc) is 2.75. The molecule has 1 aromatic heterocycles. The van der Waals surface area contributed by atoms with Gasteiger partial charge in [0.2, 0.25) is 0 Å². The molecule has 1 fully saturated rings. The van der Waals surface area contributed by atoms with Crippen molar-refractivity contribution >= 4 is 22.7 Å². The Hall–Kier alpha value is -3.02. The predicted molar refractivity (Wildman–Crippen MR) is 111 cm³/mol. The molecular weight excluding hydrogens is 369 g/mol. The van der Waals surface area contributed by atoms with E-state index in [0.717, 1.165) is 30.5 Å². The van der Waals surface area contributed by atoms with Gasteiger partial charge in [-0.25, -0.2) is 14.4 Å². The van der Waals surface area contributed by atoms with Crippen molar-refractivity contribution in [3.8, 4) is 11.1 Å². The second-order valence-corrected chi connectivity index (χ2v) is 7.62. The molecule has 1 unspecified atom stereocenters. The van der Waals surface area contributed by atoms with Crippen LogP contribution >= 0.6 is 0 Å². The van der Waals surface area contributed by atoms with Crippen LogP contribution in [0.4, 0.5) is 10.2 Å². The first-order chi connectivity index (χ1) is 14.0. The lowest BCUT2D eigenvalue weighted by atomic mass is 9.95. The van der Waals surface area contributed by atoms with E-state index in [9.17, 15) is 9.18 Å². The number of nitrogens with zero attached hydrogens (tertiary/aromatic N) is 3. The van der Waals surface area contributed by atoms with E-state index in [4.69, 9.17) is 4.74 Å². The van der Waals surface area contributed by atoms with Gasteiger partial charge in [-0.15, -0.1) is 0 Å². The summed E-state index contributed by atoms with van der Waals surface area (Å²) in [6, 6.07) is 9.45. The highest BCUT2D eigenvalue weighted by molar-refractivity contribution is 6.02. The largest absolute Gasteiger partial charge is 0.469 e. The quantitative estimate of drug-likeness (QED) is 0.616. The van der Waals surface area contributed by atoms with Gasteiger partial charge < -0.3 is 9.64 Å². The first-order valence-electron chi connectivity index (χ1n) is 9.83. The van der Waals surface area contributed by atoms with E-state index in [1.807, 2.05) is 6.07 Å². The Bertz CT molecular complexity index is 1080. The summed E-state index contributed by atoms with van der Waals surface area (Å²) in [6.45, 7) is 5.38. The molecule has 4 rings (SSSR count). The first kappa shape index (κ1) is 19.3. The molecule has 29 heavy (non-hydrogen) atoms. The molecule has 1 atom stereocenters. The number of rotatable bonds is 3. The number of anilines is 1. The maximum absolute atomic E-state index is 14.6. The zero-order valence-corrected chi connectivity index (χ0v) is 16.9. The number of benzene rings is 2. The Labute approximate surface area is 169 Å². The van der Waals surface area contributed by atoms with Crippen molar-refractivity contribution in [2.24, 2.45) is 5.92 Å². The molecule has 0 bridgehead atoms. The molecule has 1 saturated heterocycles. The highest BCUT2D eigenvalue weighted by Gasteiger charge is 2.29. The number of hydrogen-bond acceptors (Lipinski definition) is 5. The Kier molecular flexibility index (Phi) is 5.18. The average molecular weight is 393 g/mol. The number of aryl methyl sites for hydroxylation is 2. The van der Waals surface area contributed by atoms with Crippen LogP contribution < -0.4 is 4.90 Å². The van der Waals surface area contributed by atoms with Crippen LogP contribution in [0.2, 0.25) is 0 Å². The highest BCUT2D eigenvalue weighted by Crippen LogP contribution is 2.37. The third-order valence-corrected chi connectivity index (χ3v) is 5.79. The summed E-state index contributed by atoms with van der Waals surface area (Å²) < 4.78 is 19.6. The standard InChI is InChI=1S/C23H24FN3O2/c1-14-6-7-16(11-15(14)2)18-8-9-19(24)21-20(18)22(26-13-25-21)27-10-4-5-17(12-27)23(28)29-3/h6-9,11,13,17H,4-5,10,12H2,1-3H3. The number of hydrogen-bond donors (Lipinski definition) is 0. The first-order valence-corrected chi connectivity index (χ1v) is 9.83. The van der Waals surface area contributed by atoms with Crippen LogP contribution in [-0.2, 0) is 9.53 Å². The minimum Gasteiger partial charge on any atom is -0.469 e. The number of carbonyl (C=O) groups is 1. The second-order valence-electron chi connectivity index (χ2n) is 7.62. The maximum atomic E-state index is 14.6. The normalized spacial score (nSPS) is 16.8. The van der Waals surface area contributed by atoms with Crippen LogP contribution in [0.5, 0.6) is 0 Å². The van der Waals surface area contributed by atoms with Gasteiger partial charge in [-0.2, -0.15) is 0 Å². The SMILES string of the molecule is COC(=O)C1CCCN(c2ncnc3c(F)ccc(-c4ccc(C)c(C)c4)c23)C1. The van der Waals surface area contributed by atoms with Crippen LogP contribution in [-0.4, -0.2) is 36.1 Å². The summed E-state index contributed by atoms with van der Waals surface area (Å²) >= 11 is 0. The van der Waals surface area contributed by atoms with E-state index in [0.29, 0.717) is 23.3 Å². The summed E-state index contributed by atoms with van der Waals surface area (Å²) in [5.74, 6) is -0.139. The van der Waals surface area contributed by atoms with Crippen molar-refractivity contribution in [2.45, 2.75) is 26.7 Å². The maximum Gasteiger partial charge on any atom is 0.310 e. The number of fused-ring (bicyclic) bond motifs is 1. The number of methoxy groups -OCH3 is 1. The molecular formula is C23H24FN3O2. The Morgan fingerprint density at radius 2 is 2.00 bits per heavy atom. The van der Waals surface area contributed by atoms with Crippen molar-refractivity contribution in [1.29, 1.82) is 0 Å². The molecule has 2 heterocycles. The fourth-order valence-corrected chi connectivity index (χ4v) is 4.04. The summed E-state index contributed by atoms with van der Waals surface area (Å²) in [4.78, 5) is 22.9. The van der Waals surface area contributed by atoms with Crippen molar-refractivity contribution in [1.82, 2.24) is 9.97 Å². The molecule has 1 aliphatic heterocycles. The second kappa shape index (κ2) is 7.78. The van der Waals surface area contributed by atoms with Crippen molar-refractivity contribution in [2.75, 3.05) is 25.1 Å². The minimum absolute atomic E-state index is 0.211. The van der Waals surface area contributed by atoms with Gasteiger partial charge in [0.25, 0.3) is 0 Å². The van der Waals surface area contributed by atoms with Gasteiger partial charge in [-0.1, -0.05) is 24.3 Å². The minimum atomic E-state index is -0.377. The number of carbonyl (C=O) groups excluding carboxylic acids is 1. The summed E-state index contributed by atoms with van der Waals surface area (Å²) in [6.07, 6.45) is 3.02. The van der Waals surface area contributed by atoms with E-state index in [1.165, 1.54) is 30.6 Å². The molecule has 6 heteroatoms. The third-order valence-electron chi connectivity index (χ3n) is 5.79. The van der Waals surface area contributed by atoms with Gasteiger partial charge in [0.1, 0.15) is 23.5 Å². The lowest BCUT2D eigenvalue weighted by Crippen LogP contribution is -2.39. The molecule has 0 saturated carbocycles. The molecule has 1 aliphatic rings. The van der Waals surface area contributed by atoms with Crippen LogP contribution in [0.15, 0.2) is 36.7 Å². The lowest BCUT2D eigenvalue weighted by Gasteiger charge is -2.33. The number of aromatic nitrogens is 2. The molecule has 5 nitrogen and oxygen atoms in total. The van der Waals surface area contributed by atoms with E-state index >= 15 is 0 Å². The molecule has 2 aromatic carbocycles. The Morgan fingerprint density at radius 1 is 1.17 bits per heavy atom. The van der Waals surface area contributed by atoms with Crippen molar-refractivity contribution in [3.05, 3.63) is 53.6 Å². The lowest BCUT2D eigenvalue weighted by molar-refractivity contribution is -0.145. The molecule has 0 N–H and O–H groups in total. The molecule has 150 valence electrons. The van der Waals surface area contributed by atoms with Gasteiger partial charge >= 0.3 is 5.97 Å². The highest BCUT2D eigenvalue weighted by atomic mass is 19.1. The van der Waals surface area contributed by atoms with E-state index in [-0.39, 0.29) is 17.7 Å². The van der Waals surface area contributed by atoms with Gasteiger partial charge in [0.05, 0.1) is 18.4 Å². The third kappa shape index (κ3) is 3.55. The van der Waals surface area contributed by atoms with Crippen molar-refractivity contribution < 1.29 is 13.9 Å². The van der Waals surface area contributed by atoms with Crippen LogP contribution in [0.1, 0.15) is 24.0 Å². The smallest absolute Gasteiger partial charge is 0.310 e. The van der Waals surface area contributed by atoms with E-state index in [1.54, 1.807) is 6.07 Å². The Balaban J connectivity index is 1.88. The monoisotopic (exact) mass is 393 g/mol. The van der Waals surface area contributed by atoms with Crippen LogP contribution in [0, 0.1) is 25.6 Å². The molecule has 0 spiro atoms. The van der Waals surface area contributed by atoms with E-state index < -0.39 is 0 Å². The fourth-order valence-electron chi connectivity index (χ4n) is 4.04. The number of piperidine rings is 1. The fraction of sp³-hybridized carbons (Fsp3) is 0.348. The number of halogens is 1. The van der Waals surface area contributed by atoms with Gasteiger partial charge in [0, 0.05) is 13.1 Å². The summed E-state index contributed by atoms with van der Waals surface area (Å²) in [5.41, 5.74) is 4.55. The topological polar surface area (TPSA) is 55.3 Å². The van der Waals surface area contributed by atoms with E-state index in [2.05, 4.69) is 40.8 Å². The number of esters is 1. The zero-order chi connectivity index (χ0) is 20.5. The van der Waals surface area contributed by atoms with Gasteiger partial charge in [-0.05, 0) is 55.0 Å². The van der Waals surface area contributed by atoms with Crippen molar-refractivity contribution in [3.63, 3.8) is 0 Å².